The number of nitrogens with zero attached hydrogens (tertiary/aromatic N) is 1. The number of nitrogens with two attached hydrogens (primary N) is 1. The molecule has 0 aliphatic carbocycles. The van der Waals surface area contributed by atoms with Gasteiger partial charge in [-0.15, -0.1) is 12.4 Å². The fourth-order valence-corrected chi connectivity index (χ4v) is 2.34. The predicted molar refractivity (Wildman–Crippen MR) is 92.2 cm³/mol. The van der Waals surface area contributed by atoms with Gasteiger partial charge in [0.05, 0.1) is 5.56 Å². The normalized spacial score (nSPS) is 12.5. The van der Waals surface area contributed by atoms with Crippen LogP contribution in [0.25, 0.3) is 10.9 Å². The van der Waals surface area contributed by atoms with Crippen LogP contribution in [0, 0.1) is 0 Å². The Bertz CT molecular complexity index is 687. The Labute approximate surface area is 142 Å². The van der Waals surface area contributed by atoms with Gasteiger partial charge in [-0.1, -0.05) is 15.9 Å². The average Bonchev–Trinajstić information content (AvgIpc) is 2.74. The van der Waals surface area contributed by atoms with Gasteiger partial charge < -0.3 is 20.9 Å². The second kappa shape index (κ2) is 8.17. The highest BCUT2D eigenvalue weighted by Gasteiger charge is 2.10. The molecule has 5 N–H and O–H groups in total. The molecule has 22 heavy (non-hydrogen) atoms. The number of aromatic amines is 1. The van der Waals surface area contributed by atoms with Crippen LogP contribution in [-0.2, 0) is 4.79 Å². The number of aromatic nitrogens is 1. The third-order valence-electron chi connectivity index (χ3n) is 3.12. The molecular weight excluding hydrogens is 374 g/mol. The first kappa shape index (κ1) is 18.5. The lowest BCUT2D eigenvalue weighted by Gasteiger charge is -2.03. The molecule has 0 amide bonds. The van der Waals surface area contributed by atoms with E-state index in [0.717, 1.165) is 15.4 Å². The summed E-state index contributed by atoms with van der Waals surface area (Å²) < 4.78 is 0.913. The Morgan fingerprint density at radius 1 is 1.50 bits per heavy atom. The second-order valence-electron chi connectivity index (χ2n) is 4.70. The number of H-pyrrole nitrogens is 1. The number of rotatable bonds is 6. The molecule has 8 heteroatoms. The Morgan fingerprint density at radius 2 is 2.23 bits per heavy atom. The van der Waals surface area contributed by atoms with Crippen molar-refractivity contribution in [2.45, 2.75) is 18.9 Å². The third-order valence-corrected chi connectivity index (χ3v) is 3.61. The highest BCUT2D eigenvalue weighted by atomic mass is 79.9. The molecule has 2 rings (SSSR count). The molecule has 0 radical (unpaired) electrons. The Morgan fingerprint density at radius 3 is 2.91 bits per heavy atom. The van der Waals surface area contributed by atoms with Crippen LogP contribution >= 0.6 is 28.3 Å². The smallest absolute Gasteiger partial charge is 0.320 e. The van der Waals surface area contributed by atoms with E-state index in [1.807, 2.05) is 18.2 Å². The summed E-state index contributed by atoms with van der Waals surface area (Å²) >= 11 is 3.39. The number of carboxylic acid groups (broad SMARTS) is 1. The van der Waals surface area contributed by atoms with E-state index in [-0.39, 0.29) is 18.3 Å². The fraction of sp³-hybridized carbons (Fsp3) is 0.286. The van der Waals surface area contributed by atoms with Crippen LogP contribution in [0.2, 0.25) is 0 Å². The number of carbonyl (C=O) groups is 1. The molecule has 2 aromatic rings. The number of hydrogen-bond acceptors (Lipinski definition) is 4. The summed E-state index contributed by atoms with van der Waals surface area (Å²) in [5.74, 6) is -0.938. The van der Waals surface area contributed by atoms with Gasteiger partial charge in [0.25, 0.3) is 0 Å². The topological polar surface area (TPSA) is 112 Å². The van der Waals surface area contributed by atoms with E-state index in [4.69, 9.17) is 10.8 Å². The minimum absolute atomic E-state index is 0. The molecule has 0 aliphatic rings. The number of halogens is 2. The van der Waals surface area contributed by atoms with E-state index in [9.17, 15) is 9.90 Å². The molecule has 0 aliphatic heterocycles. The van der Waals surface area contributed by atoms with Crippen molar-refractivity contribution in [1.29, 1.82) is 0 Å². The number of aromatic hydroxyl groups is 1. The molecule has 1 atom stereocenters. The average molecular weight is 391 g/mol. The molecular formula is C14H17BrClN3O3. The summed E-state index contributed by atoms with van der Waals surface area (Å²) in [6, 6.07) is 4.79. The summed E-state index contributed by atoms with van der Waals surface area (Å²) in [5.41, 5.74) is 6.85. The molecule has 0 saturated heterocycles. The summed E-state index contributed by atoms with van der Waals surface area (Å²) in [5, 5.41) is 19.4. The van der Waals surface area contributed by atoms with Crippen molar-refractivity contribution in [1.82, 2.24) is 4.98 Å². The van der Waals surface area contributed by atoms with Crippen LogP contribution in [0.1, 0.15) is 18.4 Å². The minimum atomic E-state index is -1.00. The van der Waals surface area contributed by atoms with E-state index in [2.05, 4.69) is 25.9 Å². The Balaban J connectivity index is 0.00000242. The first-order valence-corrected chi connectivity index (χ1v) is 7.26. The van der Waals surface area contributed by atoms with E-state index in [1.165, 1.54) is 0 Å². The van der Waals surface area contributed by atoms with Gasteiger partial charge in [0.15, 0.2) is 5.88 Å². The molecule has 120 valence electrons. The lowest BCUT2D eigenvalue weighted by Crippen LogP contribution is -2.29. The number of nitrogens with one attached hydrogen (secondary N) is 1. The molecule has 0 saturated carbocycles. The van der Waals surface area contributed by atoms with Gasteiger partial charge in [-0.2, -0.15) is 0 Å². The standard InChI is InChI=1S/C14H16BrN3O3.ClH/c15-8-3-4-12-9(6-8)10(13(19)18-12)7-17-5-1-2-11(16)14(20)21;/h3-4,6-7,11,18-19H,1-2,5,16H2,(H,20,21);1H/t11-;/m0./s1. The molecule has 0 bridgehead atoms. The zero-order valence-corrected chi connectivity index (χ0v) is 14.0. The predicted octanol–water partition coefficient (Wildman–Crippen LogP) is 2.67. The summed E-state index contributed by atoms with van der Waals surface area (Å²) in [6.07, 6.45) is 2.54. The van der Waals surface area contributed by atoms with Crippen molar-refractivity contribution in [3.8, 4) is 5.88 Å². The molecule has 1 heterocycles. The Hall–Kier alpha value is -1.57. The van der Waals surface area contributed by atoms with Gasteiger partial charge >= 0.3 is 5.97 Å². The number of aliphatic imine (C=N–C) groups is 1. The second-order valence-corrected chi connectivity index (χ2v) is 5.62. The molecule has 1 aromatic heterocycles. The lowest BCUT2D eigenvalue weighted by molar-refractivity contribution is -0.138. The Kier molecular flexibility index (Phi) is 6.86. The van der Waals surface area contributed by atoms with Gasteiger partial charge in [0.1, 0.15) is 6.04 Å². The molecule has 6 nitrogen and oxygen atoms in total. The first-order valence-electron chi connectivity index (χ1n) is 6.47. The van der Waals surface area contributed by atoms with Gasteiger partial charge in [-0.25, -0.2) is 0 Å². The molecule has 0 unspecified atom stereocenters. The van der Waals surface area contributed by atoms with Gasteiger partial charge in [-0.05, 0) is 31.0 Å². The largest absolute Gasteiger partial charge is 0.494 e. The van der Waals surface area contributed by atoms with Crippen LogP contribution < -0.4 is 5.73 Å². The van der Waals surface area contributed by atoms with Gasteiger partial charge in [0, 0.05) is 28.1 Å². The van der Waals surface area contributed by atoms with Crippen LogP contribution in [0.3, 0.4) is 0 Å². The van der Waals surface area contributed by atoms with Crippen molar-refractivity contribution >= 4 is 51.4 Å². The number of carboxylic acids is 1. The third kappa shape index (κ3) is 4.46. The quantitative estimate of drug-likeness (QED) is 0.449. The minimum Gasteiger partial charge on any atom is -0.494 e. The maximum absolute atomic E-state index is 10.6. The maximum Gasteiger partial charge on any atom is 0.320 e. The number of aliphatic carboxylic acids is 1. The number of benzene rings is 1. The van der Waals surface area contributed by atoms with E-state index < -0.39 is 12.0 Å². The van der Waals surface area contributed by atoms with Crippen LogP contribution in [-0.4, -0.2) is 40.0 Å². The van der Waals surface area contributed by atoms with E-state index in [1.54, 1.807) is 6.21 Å². The van der Waals surface area contributed by atoms with Gasteiger partial charge in [-0.3, -0.25) is 9.79 Å². The lowest BCUT2D eigenvalue weighted by atomic mass is 10.1. The molecule has 0 spiro atoms. The SMILES string of the molecule is Cl.N[C@@H](CCCN=Cc1c(O)[nH]c2ccc(Br)cc12)C(=O)O. The van der Waals surface area contributed by atoms with Crippen molar-refractivity contribution < 1.29 is 15.0 Å². The molecule has 1 aromatic carbocycles. The van der Waals surface area contributed by atoms with E-state index in [0.29, 0.717) is 24.9 Å². The zero-order chi connectivity index (χ0) is 15.4. The van der Waals surface area contributed by atoms with Crippen molar-refractivity contribution in [3.63, 3.8) is 0 Å². The van der Waals surface area contributed by atoms with Gasteiger partial charge in [0.2, 0.25) is 0 Å². The van der Waals surface area contributed by atoms with Crippen molar-refractivity contribution in [2.24, 2.45) is 10.7 Å². The zero-order valence-electron chi connectivity index (χ0n) is 11.6. The van der Waals surface area contributed by atoms with Crippen LogP contribution in [0.5, 0.6) is 5.88 Å². The van der Waals surface area contributed by atoms with Crippen LogP contribution in [0.4, 0.5) is 0 Å². The molecule has 0 fully saturated rings. The van der Waals surface area contributed by atoms with Crippen molar-refractivity contribution in [3.05, 3.63) is 28.2 Å². The summed E-state index contributed by atoms with van der Waals surface area (Å²) in [6.45, 7) is 0.459. The highest BCUT2D eigenvalue weighted by Crippen LogP contribution is 2.28. The monoisotopic (exact) mass is 389 g/mol. The van der Waals surface area contributed by atoms with Crippen LogP contribution in [0.15, 0.2) is 27.7 Å². The van der Waals surface area contributed by atoms with E-state index >= 15 is 0 Å². The summed E-state index contributed by atoms with van der Waals surface area (Å²) in [4.78, 5) is 17.7. The first-order chi connectivity index (χ1) is 9.99. The number of hydrogen-bond donors (Lipinski definition) is 4. The maximum atomic E-state index is 10.6. The summed E-state index contributed by atoms with van der Waals surface area (Å²) in [7, 11) is 0. The number of fused-ring (bicyclic) bond motifs is 1. The fourth-order valence-electron chi connectivity index (χ4n) is 1.98. The van der Waals surface area contributed by atoms with Crippen molar-refractivity contribution in [2.75, 3.05) is 6.54 Å². The highest BCUT2D eigenvalue weighted by molar-refractivity contribution is 9.10.